The zero-order valence-corrected chi connectivity index (χ0v) is 17.0. The molecule has 6 nitrogen and oxygen atoms in total. The van der Waals surface area contributed by atoms with Crippen LogP contribution in [-0.4, -0.2) is 45.8 Å². The maximum absolute atomic E-state index is 11.3. The minimum Gasteiger partial charge on any atom is -0.465 e. The SMILES string of the molecule is O=C(O)N1CCC(COCc2cc(Br)cc3[nH]cnc23)(c2ccccc2)CC1. The standard InChI is InChI=1S/C21H22BrN3O3/c22-17-10-15(19-18(11-17)23-14-24-19)12-28-13-21(16-4-2-1-3-5-16)6-8-25(9-7-21)20(26)27/h1-5,10-11,14H,6-9,12-13H2,(H,23,24)(H,26,27). The van der Waals surface area contributed by atoms with Crippen LogP contribution in [0.4, 0.5) is 4.79 Å². The number of rotatable bonds is 5. The molecule has 0 spiro atoms. The van der Waals surface area contributed by atoms with E-state index in [0.717, 1.165) is 33.9 Å². The van der Waals surface area contributed by atoms with Crippen molar-refractivity contribution in [3.8, 4) is 0 Å². The lowest BCUT2D eigenvalue weighted by Crippen LogP contribution is -2.47. The Balaban J connectivity index is 1.52. The van der Waals surface area contributed by atoms with E-state index < -0.39 is 6.09 Å². The molecule has 0 atom stereocenters. The topological polar surface area (TPSA) is 78.5 Å². The number of hydrogen-bond acceptors (Lipinski definition) is 3. The van der Waals surface area contributed by atoms with Crippen LogP contribution in [0.25, 0.3) is 11.0 Å². The summed E-state index contributed by atoms with van der Waals surface area (Å²) < 4.78 is 7.19. The summed E-state index contributed by atoms with van der Waals surface area (Å²) in [5.41, 5.74) is 3.94. The van der Waals surface area contributed by atoms with Crippen LogP contribution < -0.4 is 0 Å². The van der Waals surface area contributed by atoms with Crippen LogP contribution in [0.3, 0.4) is 0 Å². The lowest BCUT2D eigenvalue weighted by atomic mass is 9.73. The van der Waals surface area contributed by atoms with E-state index in [1.54, 1.807) is 6.33 Å². The molecule has 1 saturated heterocycles. The third kappa shape index (κ3) is 3.77. The average molecular weight is 444 g/mol. The van der Waals surface area contributed by atoms with Gasteiger partial charge in [0.25, 0.3) is 0 Å². The third-order valence-corrected chi connectivity index (χ3v) is 6.04. The summed E-state index contributed by atoms with van der Waals surface area (Å²) in [6.45, 7) is 2.04. The second kappa shape index (κ2) is 7.93. The number of hydrogen-bond donors (Lipinski definition) is 2. The summed E-state index contributed by atoms with van der Waals surface area (Å²) in [5.74, 6) is 0. The van der Waals surface area contributed by atoms with Gasteiger partial charge in [-0.25, -0.2) is 9.78 Å². The molecule has 3 aromatic rings. The molecule has 1 amide bonds. The number of amides is 1. The molecule has 1 aliphatic heterocycles. The van der Waals surface area contributed by atoms with Gasteiger partial charge in [-0.1, -0.05) is 46.3 Å². The number of ether oxygens (including phenoxy) is 1. The molecule has 0 radical (unpaired) electrons. The Morgan fingerprint density at radius 2 is 2.00 bits per heavy atom. The molecule has 0 aliphatic carbocycles. The van der Waals surface area contributed by atoms with Gasteiger partial charge in [0.1, 0.15) is 0 Å². The molecule has 1 aromatic heterocycles. The first kappa shape index (κ1) is 19.0. The number of H-pyrrole nitrogens is 1. The predicted octanol–water partition coefficient (Wildman–Crippen LogP) is 4.55. The Hall–Kier alpha value is -2.38. The molecule has 2 heterocycles. The Labute approximate surface area is 171 Å². The molecule has 0 bridgehead atoms. The average Bonchev–Trinajstić information content (AvgIpc) is 3.17. The lowest BCUT2D eigenvalue weighted by molar-refractivity contribution is 0.0372. The van der Waals surface area contributed by atoms with Crippen LogP contribution in [0.1, 0.15) is 24.0 Å². The highest BCUT2D eigenvalue weighted by Gasteiger charge is 2.37. The van der Waals surface area contributed by atoms with Crippen LogP contribution in [0.2, 0.25) is 0 Å². The van der Waals surface area contributed by atoms with E-state index in [0.29, 0.717) is 26.3 Å². The van der Waals surface area contributed by atoms with Crippen LogP contribution in [0, 0.1) is 0 Å². The van der Waals surface area contributed by atoms with Gasteiger partial charge < -0.3 is 19.7 Å². The van der Waals surface area contributed by atoms with Crippen molar-refractivity contribution in [2.45, 2.75) is 24.9 Å². The second-order valence-corrected chi connectivity index (χ2v) is 8.19. The van der Waals surface area contributed by atoms with Gasteiger partial charge in [-0.05, 0) is 30.5 Å². The fraction of sp³-hybridized carbons (Fsp3) is 0.333. The van der Waals surface area contributed by atoms with Gasteiger partial charge in [0.2, 0.25) is 0 Å². The number of likely N-dealkylation sites (tertiary alicyclic amines) is 1. The summed E-state index contributed by atoms with van der Waals surface area (Å²) in [6.07, 6.45) is 2.34. The first-order chi connectivity index (χ1) is 13.6. The Morgan fingerprint density at radius 1 is 1.25 bits per heavy atom. The molecule has 146 valence electrons. The van der Waals surface area contributed by atoms with Crippen LogP contribution in [0.15, 0.2) is 53.3 Å². The molecule has 0 saturated carbocycles. The van der Waals surface area contributed by atoms with Crippen LogP contribution in [-0.2, 0) is 16.8 Å². The van der Waals surface area contributed by atoms with Crippen molar-refractivity contribution in [1.29, 1.82) is 0 Å². The number of piperidine rings is 1. The van der Waals surface area contributed by atoms with Gasteiger partial charge >= 0.3 is 6.09 Å². The molecular formula is C21H22BrN3O3. The molecular weight excluding hydrogens is 422 g/mol. The van der Waals surface area contributed by atoms with E-state index in [2.05, 4.69) is 38.0 Å². The molecule has 2 aromatic carbocycles. The summed E-state index contributed by atoms with van der Waals surface area (Å²) >= 11 is 3.54. The van der Waals surface area contributed by atoms with Crippen LogP contribution >= 0.6 is 15.9 Å². The third-order valence-electron chi connectivity index (χ3n) is 5.58. The highest BCUT2D eigenvalue weighted by Crippen LogP contribution is 2.36. The Morgan fingerprint density at radius 3 is 2.71 bits per heavy atom. The molecule has 0 unspecified atom stereocenters. The first-order valence-corrected chi connectivity index (χ1v) is 10.1. The zero-order chi connectivity index (χ0) is 19.6. The summed E-state index contributed by atoms with van der Waals surface area (Å²) in [7, 11) is 0. The molecule has 28 heavy (non-hydrogen) atoms. The quantitative estimate of drug-likeness (QED) is 0.605. The number of carbonyl (C=O) groups is 1. The second-order valence-electron chi connectivity index (χ2n) is 7.27. The van der Waals surface area contributed by atoms with Crippen molar-refractivity contribution in [3.63, 3.8) is 0 Å². The molecule has 2 N–H and O–H groups in total. The van der Waals surface area contributed by atoms with E-state index in [1.807, 2.05) is 30.3 Å². The number of aromatic nitrogens is 2. The van der Waals surface area contributed by atoms with Crippen molar-refractivity contribution in [2.75, 3.05) is 19.7 Å². The number of benzene rings is 2. The highest BCUT2D eigenvalue weighted by atomic mass is 79.9. The number of fused-ring (bicyclic) bond motifs is 1. The van der Waals surface area contributed by atoms with Gasteiger partial charge in [0, 0.05) is 28.5 Å². The maximum Gasteiger partial charge on any atom is 0.407 e. The first-order valence-electron chi connectivity index (χ1n) is 9.30. The van der Waals surface area contributed by atoms with Crippen molar-refractivity contribution in [2.24, 2.45) is 0 Å². The smallest absolute Gasteiger partial charge is 0.407 e. The monoisotopic (exact) mass is 443 g/mol. The van der Waals surface area contributed by atoms with Crippen molar-refractivity contribution >= 4 is 33.1 Å². The molecule has 7 heteroatoms. The Bertz CT molecular complexity index is 965. The lowest BCUT2D eigenvalue weighted by Gasteiger charge is -2.41. The van der Waals surface area contributed by atoms with Crippen molar-refractivity contribution in [3.05, 3.63) is 64.4 Å². The van der Waals surface area contributed by atoms with E-state index in [-0.39, 0.29) is 5.41 Å². The number of halogens is 1. The summed E-state index contributed by atoms with van der Waals surface area (Å²) in [5, 5.41) is 9.29. The summed E-state index contributed by atoms with van der Waals surface area (Å²) in [6, 6.07) is 14.3. The highest BCUT2D eigenvalue weighted by molar-refractivity contribution is 9.10. The molecule has 1 fully saturated rings. The maximum atomic E-state index is 11.3. The van der Waals surface area contributed by atoms with E-state index in [1.165, 1.54) is 10.5 Å². The van der Waals surface area contributed by atoms with Crippen molar-refractivity contribution in [1.82, 2.24) is 14.9 Å². The van der Waals surface area contributed by atoms with Crippen molar-refractivity contribution < 1.29 is 14.6 Å². The molecule has 1 aliphatic rings. The van der Waals surface area contributed by atoms with Crippen LogP contribution in [0.5, 0.6) is 0 Å². The normalized spacial score (nSPS) is 16.4. The van der Waals surface area contributed by atoms with Gasteiger partial charge in [-0.3, -0.25) is 0 Å². The number of nitrogens with zero attached hydrogens (tertiary/aromatic N) is 2. The number of aromatic amines is 1. The Kier molecular flexibility index (Phi) is 5.37. The predicted molar refractivity (Wildman–Crippen MR) is 110 cm³/mol. The molecule has 4 rings (SSSR count). The van der Waals surface area contributed by atoms with E-state index in [4.69, 9.17) is 4.74 Å². The fourth-order valence-corrected chi connectivity index (χ4v) is 4.49. The number of nitrogens with one attached hydrogen (secondary N) is 1. The van der Waals surface area contributed by atoms with E-state index in [9.17, 15) is 9.90 Å². The largest absolute Gasteiger partial charge is 0.465 e. The van der Waals surface area contributed by atoms with Gasteiger partial charge in [-0.2, -0.15) is 0 Å². The number of carboxylic acid groups (broad SMARTS) is 1. The fourth-order valence-electron chi connectivity index (χ4n) is 3.99. The minimum atomic E-state index is -0.849. The number of imidazole rings is 1. The van der Waals surface area contributed by atoms with E-state index >= 15 is 0 Å². The zero-order valence-electron chi connectivity index (χ0n) is 15.4. The minimum absolute atomic E-state index is 0.177. The van der Waals surface area contributed by atoms with Gasteiger partial charge in [0.15, 0.2) is 0 Å². The summed E-state index contributed by atoms with van der Waals surface area (Å²) in [4.78, 5) is 20.3. The van der Waals surface area contributed by atoms with Gasteiger partial charge in [0.05, 0.1) is 30.6 Å². The van der Waals surface area contributed by atoms with Gasteiger partial charge in [-0.15, -0.1) is 0 Å².